The van der Waals surface area contributed by atoms with Crippen LogP contribution in [0.3, 0.4) is 0 Å². The molecule has 0 bridgehead atoms. The van der Waals surface area contributed by atoms with E-state index in [0.717, 1.165) is 30.6 Å². The van der Waals surface area contributed by atoms with E-state index in [0.29, 0.717) is 11.0 Å². The number of nitrogens with one attached hydrogen (secondary N) is 2. The number of hydrogen-bond acceptors (Lipinski definition) is 3. The van der Waals surface area contributed by atoms with Crippen molar-refractivity contribution >= 4 is 34.9 Å². The second-order valence-electron chi connectivity index (χ2n) is 8.08. The molecular weight excluding hydrogens is 364 g/mol. The van der Waals surface area contributed by atoms with E-state index in [1.165, 1.54) is 11.3 Å². The highest BCUT2D eigenvalue weighted by Crippen LogP contribution is 2.43. The topological polar surface area (TPSA) is 39.7 Å². The maximum atomic E-state index is 5.29. The average Bonchev–Trinajstić information content (AvgIpc) is 2.66. The Labute approximate surface area is 174 Å². The fraction of sp³-hybridized carbons (Fsp3) is 0.391. The molecule has 2 aromatic rings. The van der Waals surface area contributed by atoms with Gasteiger partial charge in [0, 0.05) is 23.5 Å². The Balaban J connectivity index is 1.70. The van der Waals surface area contributed by atoms with E-state index < -0.39 is 0 Å². The van der Waals surface area contributed by atoms with Gasteiger partial charge in [0.1, 0.15) is 0 Å². The quantitative estimate of drug-likeness (QED) is 0.398. The van der Waals surface area contributed by atoms with Crippen molar-refractivity contribution in [1.82, 2.24) is 5.43 Å². The zero-order valence-electron chi connectivity index (χ0n) is 17.2. The minimum absolute atomic E-state index is 0.189. The molecule has 28 heavy (non-hydrogen) atoms. The Bertz CT molecular complexity index is 845. The third kappa shape index (κ3) is 4.71. The van der Waals surface area contributed by atoms with E-state index in [1.54, 1.807) is 0 Å². The summed E-state index contributed by atoms with van der Waals surface area (Å²) < 4.78 is 0. The van der Waals surface area contributed by atoms with Crippen LogP contribution in [0, 0.1) is 0 Å². The molecule has 3 rings (SSSR count). The highest BCUT2D eigenvalue weighted by molar-refractivity contribution is 7.80. The molecule has 5 heteroatoms. The summed E-state index contributed by atoms with van der Waals surface area (Å²) in [6, 6.07) is 16.5. The largest absolute Gasteiger partial charge is 0.366 e. The fourth-order valence-electron chi connectivity index (χ4n) is 4.08. The maximum Gasteiger partial charge on any atom is 0.191 e. The van der Waals surface area contributed by atoms with Crippen LogP contribution >= 0.6 is 12.2 Å². The van der Waals surface area contributed by atoms with Gasteiger partial charge in [-0.15, -0.1) is 0 Å². The Kier molecular flexibility index (Phi) is 6.35. The number of fused-ring (bicyclic) bond motifs is 1. The lowest BCUT2D eigenvalue weighted by atomic mass is 9.79. The van der Waals surface area contributed by atoms with Crippen LogP contribution in [0.4, 0.5) is 11.4 Å². The van der Waals surface area contributed by atoms with Crippen LogP contribution in [-0.2, 0) is 0 Å². The Hall–Kier alpha value is -2.40. The Morgan fingerprint density at radius 3 is 2.71 bits per heavy atom. The van der Waals surface area contributed by atoms with Crippen LogP contribution in [-0.4, -0.2) is 23.4 Å². The molecule has 0 amide bonds. The monoisotopic (exact) mass is 394 g/mol. The van der Waals surface area contributed by atoms with Gasteiger partial charge >= 0.3 is 0 Å². The number of rotatable bonds is 5. The van der Waals surface area contributed by atoms with E-state index in [4.69, 9.17) is 12.2 Å². The maximum absolute atomic E-state index is 5.29. The van der Waals surface area contributed by atoms with Crippen LogP contribution in [0.25, 0.3) is 0 Å². The van der Waals surface area contributed by atoms with Gasteiger partial charge in [-0.3, -0.25) is 5.43 Å². The van der Waals surface area contributed by atoms with Crippen molar-refractivity contribution in [3.05, 3.63) is 59.7 Å². The summed E-state index contributed by atoms with van der Waals surface area (Å²) in [7, 11) is 0. The molecule has 1 atom stereocenters. The van der Waals surface area contributed by atoms with Crippen molar-refractivity contribution in [2.45, 2.75) is 52.0 Å². The molecule has 1 aliphatic heterocycles. The molecule has 0 saturated carbocycles. The predicted molar refractivity (Wildman–Crippen MR) is 125 cm³/mol. The lowest BCUT2D eigenvalue weighted by Crippen LogP contribution is -2.48. The molecule has 1 unspecified atom stereocenters. The molecule has 4 nitrogen and oxygen atoms in total. The molecule has 0 aromatic heterocycles. The predicted octanol–water partition coefficient (Wildman–Crippen LogP) is 5.51. The van der Waals surface area contributed by atoms with Crippen LogP contribution in [0.1, 0.15) is 57.6 Å². The Morgan fingerprint density at radius 2 is 2.00 bits per heavy atom. The molecule has 0 spiro atoms. The number of hydrazone groups is 1. The van der Waals surface area contributed by atoms with E-state index in [-0.39, 0.29) is 5.54 Å². The number of para-hydroxylation sites is 1. The number of hydrogen-bond donors (Lipinski definition) is 2. The number of anilines is 2. The van der Waals surface area contributed by atoms with Gasteiger partial charge in [0.25, 0.3) is 0 Å². The molecule has 2 N–H and O–H groups in total. The molecule has 1 heterocycles. The zero-order chi connectivity index (χ0) is 20.1. The minimum Gasteiger partial charge on any atom is -0.366 e. The second kappa shape index (κ2) is 8.74. The molecule has 1 aliphatic rings. The third-order valence-corrected chi connectivity index (χ3v) is 5.46. The van der Waals surface area contributed by atoms with Crippen molar-refractivity contribution in [3.63, 3.8) is 0 Å². The van der Waals surface area contributed by atoms with Gasteiger partial charge in [0.15, 0.2) is 5.11 Å². The van der Waals surface area contributed by atoms with Gasteiger partial charge in [-0.2, -0.15) is 5.10 Å². The lowest BCUT2D eigenvalue weighted by molar-refractivity contribution is 0.376. The highest BCUT2D eigenvalue weighted by atomic mass is 32.1. The van der Waals surface area contributed by atoms with Gasteiger partial charge in [0.05, 0.1) is 6.21 Å². The van der Waals surface area contributed by atoms with Gasteiger partial charge in [-0.25, -0.2) is 0 Å². The summed E-state index contributed by atoms with van der Waals surface area (Å²) in [6.07, 6.45) is 4.13. The first-order valence-corrected chi connectivity index (χ1v) is 10.4. The van der Waals surface area contributed by atoms with Crippen molar-refractivity contribution in [2.24, 2.45) is 5.10 Å². The smallest absolute Gasteiger partial charge is 0.191 e. The van der Waals surface area contributed by atoms with E-state index in [9.17, 15) is 0 Å². The highest BCUT2D eigenvalue weighted by Gasteiger charge is 2.35. The van der Waals surface area contributed by atoms with E-state index >= 15 is 0 Å². The standard InChI is InChI=1S/C23H30N4S/c1-5-13-27-21-12-11-18(14-20(21)17(2)15-23(27,3)4)16-24-26-22(28)25-19-9-7-6-8-10-19/h6-12,14,16-17H,5,13,15H2,1-4H3,(H2,25,26,28)/b24-16+. The molecule has 0 radical (unpaired) electrons. The molecule has 0 fully saturated rings. The molecule has 148 valence electrons. The summed E-state index contributed by atoms with van der Waals surface area (Å²) in [6.45, 7) is 10.3. The summed E-state index contributed by atoms with van der Waals surface area (Å²) in [5.74, 6) is 0.528. The summed E-state index contributed by atoms with van der Waals surface area (Å²) in [5, 5.41) is 7.89. The zero-order valence-corrected chi connectivity index (χ0v) is 18.0. The number of thiocarbonyl (C=S) groups is 1. The summed E-state index contributed by atoms with van der Waals surface area (Å²) >= 11 is 5.29. The van der Waals surface area contributed by atoms with Gasteiger partial charge < -0.3 is 10.2 Å². The minimum atomic E-state index is 0.189. The summed E-state index contributed by atoms with van der Waals surface area (Å²) in [4.78, 5) is 2.56. The summed E-state index contributed by atoms with van der Waals surface area (Å²) in [5.41, 5.74) is 7.87. The van der Waals surface area contributed by atoms with E-state index in [2.05, 4.69) is 66.6 Å². The van der Waals surface area contributed by atoms with Gasteiger partial charge in [-0.05, 0) is 80.2 Å². The molecule has 2 aromatic carbocycles. The first kappa shape index (κ1) is 20.3. The fourth-order valence-corrected chi connectivity index (χ4v) is 4.25. The van der Waals surface area contributed by atoms with Crippen LogP contribution in [0.15, 0.2) is 53.6 Å². The van der Waals surface area contributed by atoms with Crippen LogP contribution in [0.5, 0.6) is 0 Å². The molecule has 0 aliphatic carbocycles. The van der Waals surface area contributed by atoms with Crippen LogP contribution in [0.2, 0.25) is 0 Å². The van der Waals surface area contributed by atoms with Crippen molar-refractivity contribution < 1.29 is 0 Å². The van der Waals surface area contributed by atoms with Crippen LogP contribution < -0.4 is 15.6 Å². The number of benzene rings is 2. The second-order valence-corrected chi connectivity index (χ2v) is 8.49. The first-order chi connectivity index (χ1) is 13.4. The van der Waals surface area contributed by atoms with E-state index in [1.807, 2.05) is 36.5 Å². The first-order valence-electron chi connectivity index (χ1n) is 9.97. The van der Waals surface area contributed by atoms with Gasteiger partial charge in [0.2, 0.25) is 0 Å². The Morgan fingerprint density at radius 1 is 1.25 bits per heavy atom. The van der Waals surface area contributed by atoms with Crippen molar-refractivity contribution in [2.75, 3.05) is 16.8 Å². The molecule has 0 saturated heterocycles. The average molecular weight is 395 g/mol. The van der Waals surface area contributed by atoms with Crippen molar-refractivity contribution in [3.8, 4) is 0 Å². The van der Waals surface area contributed by atoms with Gasteiger partial charge in [-0.1, -0.05) is 38.1 Å². The normalized spacial score (nSPS) is 18.0. The number of nitrogens with zero attached hydrogens (tertiary/aromatic N) is 2. The molecular formula is C23H30N4S. The third-order valence-electron chi connectivity index (χ3n) is 5.27. The SMILES string of the molecule is CCCN1c2ccc(/C=N/NC(=S)Nc3ccccc3)cc2C(C)CC1(C)C. The lowest BCUT2D eigenvalue weighted by Gasteiger charge is -2.47. The van der Waals surface area contributed by atoms with Crippen molar-refractivity contribution in [1.29, 1.82) is 0 Å².